The fourth-order valence-corrected chi connectivity index (χ4v) is 0.466. The van der Waals surface area contributed by atoms with Crippen molar-refractivity contribution in [2.75, 3.05) is 6.54 Å². The minimum Gasteiger partial charge on any atom is -0.298 e. The van der Waals surface area contributed by atoms with E-state index in [0.717, 1.165) is 6.54 Å². The van der Waals surface area contributed by atoms with E-state index in [1.807, 2.05) is 0 Å². The lowest BCUT2D eigenvalue weighted by Crippen LogP contribution is -2.20. The van der Waals surface area contributed by atoms with Crippen LogP contribution in [-0.2, 0) is 0 Å². The number of hydrogen-bond acceptors (Lipinski definition) is 1. The van der Waals surface area contributed by atoms with Gasteiger partial charge >= 0.3 is 0 Å². The highest BCUT2D eigenvalue weighted by Gasteiger charge is 1.89. The highest BCUT2D eigenvalue weighted by atomic mass is 79.9. The first-order valence-electron chi connectivity index (χ1n) is 2.42. The van der Waals surface area contributed by atoms with Crippen molar-refractivity contribution in [3.63, 3.8) is 0 Å². The van der Waals surface area contributed by atoms with Crippen molar-refractivity contribution in [3.05, 3.63) is 25.3 Å². The van der Waals surface area contributed by atoms with Crippen molar-refractivity contribution in [2.45, 2.75) is 4.95 Å². The summed E-state index contributed by atoms with van der Waals surface area (Å²) in [7, 11) is 0. The molecule has 1 nitrogen and oxygen atoms in total. The van der Waals surface area contributed by atoms with Gasteiger partial charge in [0.1, 0.15) is 0 Å². The smallest absolute Gasteiger partial charge is 0.0816 e. The molecule has 0 amide bonds. The Bertz CT molecular complexity index is 80.6. The molecule has 0 fully saturated rings. The fourth-order valence-electron chi connectivity index (χ4n) is 0.279. The Morgan fingerprint density at radius 3 is 2.62 bits per heavy atom. The molecule has 0 aromatic heterocycles. The van der Waals surface area contributed by atoms with E-state index in [0.29, 0.717) is 0 Å². The predicted octanol–water partition coefficient (Wildman–Crippen LogP) is 1.67. The van der Waals surface area contributed by atoms with Gasteiger partial charge in [0, 0.05) is 6.54 Å². The van der Waals surface area contributed by atoms with E-state index in [2.05, 4.69) is 34.4 Å². The van der Waals surface area contributed by atoms with E-state index in [-0.39, 0.29) is 4.95 Å². The van der Waals surface area contributed by atoms with Gasteiger partial charge < -0.3 is 0 Å². The van der Waals surface area contributed by atoms with Crippen LogP contribution in [0.4, 0.5) is 0 Å². The highest BCUT2D eigenvalue weighted by molar-refractivity contribution is 9.09. The third-order valence-electron chi connectivity index (χ3n) is 0.664. The lowest BCUT2D eigenvalue weighted by Gasteiger charge is -2.01. The molecule has 0 saturated carbocycles. The first-order chi connectivity index (χ1) is 3.81. The molecule has 0 spiro atoms. The van der Waals surface area contributed by atoms with Crippen molar-refractivity contribution in [3.8, 4) is 0 Å². The van der Waals surface area contributed by atoms with E-state index in [1.54, 1.807) is 12.2 Å². The first-order valence-corrected chi connectivity index (χ1v) is 3.33. The van der Waals surface area contributed by atoms with Crippen LogP contribution >= 0.6 is 15.9 Å². The van der Waals surface area contributed by atoms with Crippen LogP contribution in [0.3, 0.4) is 0 Å². The van der Waals surface area contributed by atoms with Crippen LogP contribution in [0.15, 0.2) is 25.3 Å². The summed E-state index contributed by atoms with van der Waals surface area (Å²) in [6, 6.07) is 0. The van der Waals surface area contributed by atoms with Crippen LogP contribution in [0.5, 0.6) is 0 Å². The zero-order chi connectivity index (χ0) is 6.41. The van der Waals surface area contributed by atoms with Crippen LogP contribution in [0.2, 0.25) is 0 Å². The second kappa shape index (κ2) is 5.06. The third kappa shape index (κ3) is 4.09. The summed E-state index contributed by atoms with van der Waals surface area (Å²) in [5.74, 6) is 0. The summed E-state index contributed by atoms with van der Waals surface area (Å²) in [5.41, 5.74) is 0. The largest absolute Gasteiger partial charge is 0.298 e. The minimum absolute atomic E-state index is 0.209. The van der Waals surface area contributed by atoms with Crippen LogP contribution < -0.4 is 5.32 Å². The standard InChI is InChI=1S/C6H10BrN/c1-3-5-8-6(7)4-2/h3-4,6,8H,1-2,5H2. The maximum absolute atomic E-state index is 3.57. The molecular weight excluding hydrogens is 166 g/mol. The van der Waals surface area contributed by atoms with Gasteiger partial charge in [0.2, 0.25) is 0 Å². The molecule has 1 N–H and O–H groups in total. The van der Waals surface area contributed by atoms with Crippen molar-refractivity contribution < 1.29 is 0 Å². The van der Waals surface area contributed by atoms with E-state index in [9.17, 15) is 0 Å². The van der Waals surface area contributed by atoms with Gasteiger partial charge in [0.05, 0.1) is 4.95 Å². The van der Waals surface area contributed by atoms with E-state index >= 15 is 0 Å². The average molecular weight is 176 g/mol. The maximum atomic E-state index is 3.57. The number of hydrogen-bond donors (Lipinski definition) is 1. The summed E-state index contributed by atoms with van der Waals surface area (Å²) in [5, 5.41) is 3.06. The lowest BCUT2D eigenvalue weighted by molar-refractivity contribution is 0.812. The molecule has 1 atom stereocenters. The first kappa shape index (κ1) is 7.92. The zero-order valence-corrected chi connectivity index (χ0v) is 6.32. The van der Waals surface area contributed by atoms with Gasteiger partial charge in [-0.1, -0.05) is 28.1 Å². The van der Waals surface area contributed by atoms with E-state index < -0.39 is 0 Å². The SMILES string of the molecule is C=CCNC(Br)C=C. The fraction of sp³-hybridized carbons (Fsp3) is 0.333. The molecule has 0 aliphatic rings. The van der Waals surface area contributed by atoms with E-state index in [4.69, 9.17) is 0 Å². The number of halogens is 1. The minimum atomic E-state index is 0.209. The summed E-state index contributed by atoms with van der Waals surface area (Å²) in [6.45, 7) is 7.93. The van der Waals surface area contributed by atoms with Gasteiger partial charge in [-0.2, -0.15) is 0 Å². The Hall–Kier alpha value is -0.0800. The Morgan fingerprint density at radius 2 is 2.25 bits per heavy atom. The van der Waals surface area contributed by atoms with Gasteiger partial charge in [-0.05, 0) is 0 Å². The second-order valence-corrected chi connectivity index (χ2v) is 2.32. The quantitative estimate of drug-likeness (QED) is 0.390. The molecule has 1 unspecified atom stereocenters. The van der Waals surface area contributed by atoms with Gasteiger partial charge in [-0.15, -0.1) is 13.2 Å². The van der Waals surface area contributed by atoms with Crippen LogP contribution in [0.25, 0.3) is 0 Å². The van der Waals surface area contributed by atoms with E-state index in [1.165, 1.54) is 0 Å². The molecule has 0 aromatic rings. The molecule has 0 saturated heterocycles. The Labute approximate surface area is 58.6 Å². The third-order valence-corrected chi connectivity index (χ3v) is 1.36. The lowest BCUT2D eigenvalue weighted by atomic mass is 10.5. The molecule has 0 heterocycles. The number of rotatable bonds is 4. The second-order valence-electron chi connectivity index (χ2n) is 1.33. The molecule has 0 aliphatic heterocycles. The summed E-state index contributed by atoms with van der Waals surface area (Å²) >= 11 is 3.30. The van der Waals surface area contributed by atoms with Crippen LogP contribution in [0, 0.1) is 0 Å². The molecule has 46 valence electrons. The van der Waals surface area contributed by atoms with Gasteiger partial charge in [-0.3, -0.25) is 5.32 Å². The summed E-state index contributed by atoms with van der Waals surface area (Å²) in [6.07, 6.45) is 3.58. The van der Waals surface area contributed by atoms with Crippen molar-refractivity contribution >= 4 is 15.9 Å². The summed E-state index contributed by atoms with van der Waals surface area (Å²) in [4.78, 5) is 0.209. The average Bonchev–Trinajstić information content (AvgIpc) is 1.83. The Morgan fingerprint density at radius 1 is 1.62 bits per heavy atom. The molecule has 8 heavy (non-hydrogen) atoms. The van der Waals surface area contributed by atoms with Gasteiger partial charge in [0.25, 0.3) is 0 Å². The van der Waals surface area contributed by atoms with Crippen LogP contribution in [-0.4, -0.2) is 11.5 Å². The summed E-state index contributed by atoms with van der Waals surface area (Å²) < 4.78 is 0. The molecule has 0 rings (SSSR count). The topological polar surface area (TPSA) is 12.0 Å². The van der Waals surface area contributed by atoms with Gasteiger partial charge in [0.15, 0.2) is 0 Å². The van der Waals surface area contributed by atoms with Crippen molar-refractivity contribution in [1.82, 2.24) is 5.32 Å². The molecule has 0 aliphatic carbocycles. The number of alkyl halides is 1. The Balaban J connectivity index is 3.09. The monoisotopic (exact) mass is 175 g/mol. The predicted molar refractivity (Wildman–Crippen MR) is 41.1 cm³/mol. The van der Waals surface area contributed by atoms with Crippen LogP contribution in [0.1, 0.15) is 0 Å². The normalized spacial score (nSPS) is 12.6. The van der Waals surface area contributed by atoms with Crippen molar-refractivity contribution in [1.29, 1.82) is 0 Å². The van der Waals surface area contributed by atoms with Crippen molar-refractivity contribution in [2.24, 2.45) is 0 Å². The molecule has 2 heteroatoms. The van der Waals surface area contributed by atoms with Gasteiger partial charge in [-0.25, -0.2) is 0 Å². The molecule has 0 bridgehead atoms. The maximum Gasteiger partial charge on any atom is 0.0816 e. The molecule has 0 aromatic carbocycles. The Kier molecular flexibility index (Phi) is 5.01. The molecule has 0 radical (unpaired) electrons. The number of nitrogens with one attached hydrogen (secondary N) is 1. The highest BCUT2D eigenvalue weighted by Crippen LogP contribution is 1.92. The zero-order valence-electron chi connectivity index (χ0n) is 4.73. The molecular formula is C6H10BrN.